The van der Waals surface area contributed by atoms with E-state index in [-0.39, 0.29) is 6.04 Å². The van der Waals surface area contributed by atoms with Crippen LogP contribution in [0.25, 0.3) is 11.1 Å². The number of benzene rings is 5. The van der Waals surface area contributed by atoms with E-state index in [2.05, 4.69) is 157 Å². The van der Waals surface area contributed by atoms with Gasteiger partial charge in [0.2, 0.25) is 0 Å². The topological polar surface area (TPSA) is 3.24 Å². The summed E-state index contributed by atoms with van der Waals surface area (Å²) in [7, 11) is 0. The van der Waals surface area contributed by atoms with Crippen LogP contribution in [0.2, 0.25) is 5.02 Å². The molecule has 2 heteroatoms. The fourth-order valence-electron chi connectivity index (χ4n) is 5.06. The fraction of sp³-hybridized carbons (Fsp3) is 0.105. The zero-order valence-electron chi connectivity index (χ0n) is 22.8. The molecule has 0 spiro atoms. The monoisotopic (exact) mass is 539 g/mol. The molecule has 5 aromatic rings. The molecule has 0 heterocycles. The van der Waals surface area contributed by atoms with E-state index in [1.807, 2.05) is 12.1 Å². The molecule has 1 unspecified atom stereocenters. The molecule has 40 heavy (non-hydrogen) atoms. The van der Waals surface area contributed by atoms with Crippen LogP contribution in [0.1, 0.15) is 40.8 Å². The van der Waals surface area contributed by atoms with Gasteiger partial charge < -0.3 is 0 Å². The van der Waals surface area contributed by atoms with E-state index >= 15 is 0 Å². The van der Waals surface area contributed by atoms with Gasteiger partial charge in [-0.2, -0.15) is 0 Å². The fourth-order valence-corrected chi connectivity index (χ4v) is 5.26. The molecule has 0 aliphatic carbocycles. The van der Waals surface area contributed by atoms with E-state index in [1.165, 1.54) is 39.0 Å². The second-order valence-corrected chi connectivity index (χ2v) is 10.3. The predicted octanol–water partition coefficient (Wildman–Crippen LogP) is 9.97. The molecule has 1 nitrogen and oxygen atoms in total. The Morgan fingerprint density at radius 2 is 0.925 bits per heavy atom. The van der Waals surface area contributed by atoms with Crippen LogP contribution in [-0.4, -0.2) is 18.0 Å². The van der Waals surface area contributed by atoms with Crippen LogP contribution in [0.4, 0.5) is 0 Å². The van der Waals surface area contributed by atoms with Crippen molar-refractivity contribution in [3.8, 4) is 0 Å². The maximum atomic E-state index is 6.43. The Bertz CT molecular complexity index is 1360. The van der Waals surface area contributed by atoms with Crippen LogP contribution in [0.5, 0.6) is 0 Å². The Kier molecular flexibility index (Phi) is 9.42. The molecule has 0 bridgehead atoms. The largest absolute Gasteiger partial charge is 0.289 e. The summed E-state index contributed by atoms with van der Waals surface area (Å²) in [5, 5.41) is 0.763. The number of hydrogen-bond acceptors (Lipinski definition) is 1. The summed E-state index contributed by atoms with van der Waals surface area (Å²) in [5.41, 5.74) is 8.54. The molecular formula is C38H34ClN. The third-order valence-electron chi connectivity index (χ3n) is 7.28. The summed E-state index contributed by atoms with van der Waals surface area (Å²) in [6.45, 7) is 3.82. The number of halogens is 1. The van der Waals surface area contributed by atoms with Crippen molar-refractivity contribution in [3.63, 3.8) is 0 Å². The molecule has 1 atom stereocenters. The van der Waals surface area contributed by atoms with E-state index in [0.29, 0.717) is 0 Å². The molecule has 0 saturated carbocycles. The molecule has 5 rings (SSSR count). The molecule has 0 aliphatic heterocycles. The highest BCUT2D eigenvalue weighted by atomic mass is 35.5. The van der Waals surface area contributed by atoms with Gasteiger partial charge in [-0.15, -0.1) is 0 Å². The lowest BCUT2D eigenvalue weighted by atomic mass is 9.96. The van der Waals surface area contributed by atoms with Crippen LogP contribution in [-0.2, 0) is 0 Å². The Labute approximate surface area is 243 Å². The van der Waals surface area contributed by atoms with Crippen LogP contribution in [0, 0.1) is 0 Å². The van der Waals surface area contributed by atoms with Crippen LogP contribution >= 0.6 is 11.6 Å². The average Bonchev–Trinajstić information content (AvgIpc) is 3.02. The van der Waals surface area contributed by atoms with Gasteiger partial charge in [-0.25, -0.2) is 0 Å². The Balaban J connectivity index is 1.54. The molecule has 0 fully saturated rings. The summed E-state index contributed by atoms with van der Waals surface area (Å²) >= 11 is 6.43. The van der Waals surface area contributed by atoms with Gasteiger partial charge in [0.05, 0.1) is 0 Å². The standard InChI is InChI=1S/C38H34ClN/c1-30(35-23-14-24-36(39)29-35)40(27-25-37(31-15-6-2-7-16-31)32-17-8-3-9-18-32)28-26-38(33-19-10-4-11-20-33)34-21-12-5-13-22-34/h2-26,29-30H,27-28H2,1H3. The zero-order valence-corrected chi connectivity index (χ0v) is 23.6. The average molecular weight is 540 g/mol. The van der Waals surface area contributed by atoms with E-state index in [9.17, 15) is 0 Å². The lowest BCUT2D eigenvalue weighted by molar-refractivity contribution is 0.260. The first kappa shape index (κ1) is 27.4. The van der Waals surface area contributed by atoms with Crippen molar-refractivity contribution in [1.82, 2.24) is 4.90 Å². The molecule has 5 aromatic carbocycles. The van der Waals surface area contributed by atoms with Gasteiger partial charge >= 0.3 is 0 Å². The number of rotatable bonds is 10. The first-order valence-electron chi connectivity index (χ1n) is 13.8. The third-order valence-corrected chi connectivity index (χ3v) is 7.51. The van der Waals surface area contributed by atoms with Crippen molar-refractivity contribution in [1.29, 1.82) is 0 Å². The lowest BCUT2D eigenvalue weighted by Crippen LogP contribution is -2.28. The normalized spacial score (nSPS) is 11.6. The molecule has 198 valence electrons. The van der Waals surface area contributed by atoms with Gasteiger partial charge in [-0.1, -0.05) is 157 Å². The van der Waals surface area contributed by atoms with Gasteiger partial charge in [-0.3, -0.25) is 4.90 Å². The van der Waals surface area contributed by atoms with Crippen molar-refractivity contribution in [3.05, 3.63) is 191 Å². The van der Waals surface area contributed by atoms with Crippen molar-refractivity contribution < 1.29 is 0 Å². The highest BCUT2D eigenvalue weighted by molar-refractivity contribution is 6.30. The van der Waals surface area contributed by atoms with Gasteiger partial charge in [0.15, 0.2) is 0 Å². The van der Waals surface area contributed by atoms with Gasteiger partial charge in [-0.05, 0) is 58.0 Å². The summed E-state index contributed by atoms with van der Waals surface area (Å²) < 4.78 is 0. The Hall–Kier alpha value is -4.17. The summed E-state index contributed by atoms with van der Waals surface area (Å²) in [5.74, 6) is 0. The SMILES string of the molecule is CC(c1cccc(Cl)c1)N(CC=C(c1ccccc1)c1ccccc1)CC=C(c1ccccc1)c1ccccc1. The van der Waals surface area contributed by atoms with Crippen LogP contribution < -0.4 is 0 Å². The first-order valence-corrected chi connectivity index (χ1v) is 14.2. The second-order valence-electron chi connectivity index (χ2n) is 9.88. The van der Waals surface area contributed by atoms with Crippen molar-refractivity contribution in [2.75, 3.05) is 13.1 Å². The van der Waals surface area contributed by atoms with Crippen molar-refractivity contribution >= 4 is 22.7 Å². The van der Waals surface area contributed by atoms with Gasteiger partial charge in [0.25, 0.3) is 0 Å². The van der Waals surface area contributed by atoms with E-state index < -0.39 is 0 Å². The lowest BCUT2D eigenvalue weighted by Gasteiger charge is -2.28. The van der Waals surface area contributed by atoms with E-state index in [1.54, 1.807) is 0 Å². The van der Waals surface area contributed by atoms with E-state index in [4.69, 9.17) is 11.6 Å². The van der Waals surface area contributed by atoms with Crippen molar-refractivity contribution in [2.45, 2.75) is 13.0 Å². The predicted molar refractivity (Wildman–Crippen MR) is 171 cm³/mol. The van der Waals surface area contributed by atoms with Gasteiger partial charge in [0.1, 0.15) is 0 Å². The summed E-state index contributed by atoms with van der Waals surface area (Å²) in [6, 6.07) is 51.0. The van der Waals surface area contributed by atoms with Crippen LogP contribution in [0.15, 0.2) is 158 Å². The molecule has 0 saturated heterocycles. The maximum absolute atomic E-state index is 6.43. The Morgan fingerprint density at radius 1 is 0.550 bits per heavy atom. The highest BCUT2D eigenvalue weighted by Gasteiger charge is 2.16. The smallest absolute Gasteiger partial charge is 0.0409 e. The van der Waals surface area contributed by atoms with Crippen molar-refractivity contribution in [2.24, 2.45) is 0 Å². The van der Waals surface area contributed by atoms with Crippen LogP contribution in [0.3, 0.4) is 0 Å². The molecule has 0 aliphatic rings. The molecule has 0 radical (unpaired) electrons. The number of hydrogen-bond donors (Lipinski definition) is 0. The number of nitrogens with zero attached hydrogens (tertiary/aromatic N) is 1. The second kappa shape index (κ2) is 13.8. The van der Waals surface area contributed by atoms with E-state index in [0.717, 1.165) is 18.1 Å². The molecular weight excluding hydrogens is 506 g/mol. The maximum Gasteiger partial charge on any atom is 0.0409 e. The third kappa shape index (κ3) is 7.07. The quantitative estimate of drug-likeness (QED) is 0.171. The Morgan fingerprint density at radius 3 is 1.27 bits per heavy atom. The van der Waals surface area contributed by atoms with Gasteiger partial charge in [0, 0.05) is 24.2 Å². The molecule has 0 N–H and O–H groups in total. The minimum atomic E-state index is 0.159. The minimum Gasteiger partial charge on any atom is -0.289 e. The first-order chi connectivity index (χ1) is 19.7. The zero-order chi connectivity index (χ0) is 27.6. The summed E-state index contributed by atoms with van der Waals surface area (Å²) in [6.07, 6.45) is 4.73. The highest BCUT2D eigenvalue weighted by Crippen LogP contribution is 2.28. The molecule has 0 aromatic heterocycles. The summed E-state index contributed by atoms with van der Waals surface area (Å²) in [4.78, 5) is 2.50. The molecule has 0 amide bonds. The minimum absolute atomic E-state index is 0.159.